The fourth-order valence-electron chi connectivity index (χ4n) is 1.82. The molecule has 5 nitrogen and oxygen atoms in total. The van der Waals surface area contributed by atoms with Gasteiger partial charge in [0, 0.05) is 27.7 Å². The van der Waals surface area contributed by atoms with Crippen LogP contribution in [-0.4, -0.2) is 51.2 Å². The highest BCUT2D eigenvalue weighted by Gasteiger charge is 2.17. The van der Waals surface area contributed by atoms with Gasteiger partial charge in [0.05, 0.1) is 11.3 Å². The Balaban J connectivity index is 2.74. The van der Waals surface area contributed by atoms with Crippen molar-refractivity contribution in [2.75, 3.05) is 27.7 Å². The fourth-order valence-corrected chi connectivity index (χ4v) is 2.72. The molecule has 0 saturated heterocycles. The first-order valence-corrected chi connectivity index (χ1v) is 8.48. The third-order valence-corrected chi connectivity index (χ3v) is 5.16. The van der Waals surface area contributed by atoms with E-state index in [2.05, 4.69) is 6.92 Å². The Morgan fingerprint density at radius 2 is 1.67 bits per heavy atom. The van der Waals surface area contributed by atoms with Crippen molar-refractivity contribution in [2.24, 2.45) is 0 Å². The second-order valence-corrected chi connectivity index (χ2v) is 7.43. The lowest BCUT2D eigenvalue weighted by atomic mass is 10.1. The molecule has 0 bridgehead atoms. The van der Waals surface area contributed by atoms with Crippen LogP contribution in [0.25, 0.3) is 0 Å². The summed E-state index contributed by atoms with van der Waals surface area (Å²) < 4.78 is 25.1. The van der Waals surface area contributed by atoms with E-state index in [1.54, 1.807) is 36.2 Å². The van der Waals surface area contributed by atoms with Crippen molar-refractivity contribution in [1.29, 1.82) is 0 Å². The molecule has 21 heavy (non-hydrogen) atoms. The van der Waals surface area contributed by atoms with Gasteiger partial charge in [0.25, 0.3) is 0 Å². The molecular weight excluding hydrogens is 288 g/mol. The standard InChI is InChI=1S/C15H24N2O3S/c1-5-6-11-17(4)15(18)12-13-7-9-14(10-8-13)21(19,20)16(2)3/h7-10H,5-6,11-12H2,1-4H3. The van der Waals surface area contributed by atoms with Crippen LogP contribution in [0.15, 0.2) is 29.2 Å². The molecule has 0 heterocycles. The minimum Gasteiger partial charge on any atom is -0.345 e. The largest absolute Gasteiger partial charge is 0.345 e. The van der Waals surface area contributed by atoms with Gasteiger partial charge in [-0.3, -0.25) is 4.79 Å². The summed E-state index contributed by atoms with van der Waals surface area (Å²) in [6, 6.07) is 6.48. The number of nitrogens with zero attached hydrogens (tertiary/aromatic N) is 2. The summed E-state index contributed by atoms with van der Waals surface area (Å²) in [6.07, 6.45) is 2.33. The van der Waals surface area contributed by atoms with Crippen LogP contribution in [0.4, 0.5) is 0 Å². The van der Waals surface area contributed by atoms with Gasteiger partial charge in [-0.2, -0.15) is 0 Å². The van der Waals surface area contributed by atoms with Crippen molar-refractivity contribution in [1.82, 2.24) is 9.21 Å². The van der Waals surface area contributed by atoms with E-state index in [9.17, 15) is 13.2 Å². The van der Waals surface area contributed by atoms with Crippen LogP contribution in [0.5, 0.6) is 0 Å². The lowest BCUT2D eigenvalue weighted by Gasteiger charge is -2.17. The number of sulfonamides is 1. The number of carbonyl (C=O) groups is 1. The van der Waals surface area contributed by atoms with E-state index in [0.717, 1.165) is 24.9 Å². The molecule has 0 saturated carbocycles. The summed E-state index contributed by atoms with van der Waals surface area (Å²) in [7, 11) is 1.37. The molecule has 0 spiro atoms. The van der Waals surface area contributed by atoms with Gasteiger partial charge in [-0.15, -0.1) is 0 Å². The summed E-state index contributed by atoms with van der Waals surface area (Å²) in [6.45, 7) is 2.84. The lowest BCUT2D eigenvalue weighted by molar-refractivity contribution is -0.129. The SMILES string of the molecule is CCCCN(C)C(=O)Cc1ccc(S(=O)(=O)N(C)C)cc1. The highest BCUT2D eigenvalue weighted by molar-refractivity contribution is 7.89. The Hall–Kier alpha value is -1.40. The van der Waals surface area contributed by atoms with Crippen molar-refractivity contribution >= 4 is 15.9 Å². The number of carbonyl (C=O) groups excluding carboxylic acids is 1. The monoisotopic (exact) mass is 312 g/mol. The zero-order valence-electron chi connectivity index (χ0n) is 13.2. The Kier molecular flexibility index (Phi) is 6.36. The normalized spacial score (nSPS) is 11.7. The number of hydrogen-bond acceptors (Lipinski definition) is 3. The summed E-state index contributed by atoms with van der Waals surface area (Å²) in [4.78, 5) is 14.0. The molecule has 0 aliphatic carbocycles. The van der Waals surface area contributed by atoms with Crippen molar-refractivity contribution in [3.63, 3.8) is 0 Å². The second-order valence-electron chi connectivity index (χ2n) is 5.28. The molecule has 1 aromatic carbocycles. The van der Waals surface area contributed by atoms with E-state index in [1.807, 2.05) is 0 Å². The maximum atomic E-state index is 12.0. The number of likely N-dealkylation sites (N-methyl/N-ethyl adjacent to an activating group) is 1. The number of amides is 1. The fraction of sp³-hybridized carbons (Fsp3) is 0.533. The minimum atomic E-state index is -3.41. The highest BCUT2D eigenvalue weighted by Crippen LogP contribution is 2.14. The van der Waals surface area contributed by atoms with Crippen LogP contribution in [0.2, 0.25) is 0 Å². The molecular formula is C15H24N2O3S. The zero-order chi connectivity index (χ0) is 16.0. The molecule has 0 unspecified atom stereocenters. The molecule has 0 N–H and O–H groups in total. The average molecular weight is 312 g/mol. The first-order valence-electron chi connectivity index (χ1n) is 7.04. The maximum Gasteiger partial charge on any atom is 0.242 e. The summed E-state index contributed by atoms with van der Waals surface area (Å²) >= 11 is 0. The second kappa shape index (κ2) is 7.56. The van der Waals surface area contributed by atoms with E-state index < -0.39 is 10.0 Å². The van der Waals surface area contributed by atoms with Crippen molar-refractivity contribution in [3.05, 3.63) is 29.8 Å². The molecule has 0 aliphatic heterocycles. The van der Waals surface area contributed by atoms with Crippen LogP contribution in [0.1, 0.15) is 25.3 Å². The summed E-state index contributed by atoms with van der Waals surface area (Å²) in [5.74, 6) is 0.0478. The number of hydrogen-bond donors (Lipinski definition) is 0. The van der Waals surface area contributed by atoms with Crippen LogP contribution < -0.4 is 0 Å². The Morgan fingerprint density at radius 3 is 2.14 bits per heavy atom. The first kappa shape index (κ1) is 17.7. The topological polar surface area (TPSA) is 57.7 Å². The van der Waals surface area contributed by atoms with Gasteiger partial charge in [0.1, 0.15) is 0 Å². The summed E-state index contributed by atoms with van der Waals surface area (Å²) in [5, 5.41) is 0. The van der Waals surface area contributed by atoms with Gasteiger partial charge in [0.15, 0.2) is 0 Å². The minimum absolute atomic E-state index is 0.0478. The van der Waals surface area contributed by atoms with Gasteiger partial charge in [-0.05, 0) is 24.1 Å². The predicted molar refractivity (Wildman–Crippen MR) is 83.6 cm³/mol. The van der Waals surface area contributed by atoms with Gasteiger partial charge >= 0.3 is 0 Å². The number of unbranched alkanes of at least 4 members (excludes halogenated alkanes) is 1. The zero-order valence-corrected chi connectivity index (χ0v) is 14.0. The molecule has 0 aromatic heterocycles. The number of rotatable bonds is 7. The van der Waals surface area contributed by atoms with Crippen molar-refractivity contribution in [2.45, 2.75) is 31.1 Å². The Morgan fingerprint density at radius 1 is 1.10 bits per heavy atom. The molecule has 6 heteroatoms. The third-order valence-electron chi connectivity index (χ3n) is 3.33. The number of benzene rings is 1. The van der Waals surface area contributed by atoms with Crippen LogP contribution in [0, 0.1) is 0 Å². The Bertz CT molecular complexity index is 565. The van der Waals surface area contributed by atoms with Crippen LogP contribution in [-0.2, 0) is 21.2 Å². The van der Waals surface area contributed by atoms with Gasteiger partial charge in [-0.1, -0.05) is 25.5 Å². The van der Waals surface area contributed by atoms with E-state index in [1.165, 1.54) is 18.4 Å². The third kappa shape index (κ3) is 4.82. The summed E-state index contributed by atoms with van der Waals surface area (Å²) in [5.41, 5.74) is 0.820. The van der Waals surface area contributed by atoms with Gasteiger partial charge in [0.2, 0.25) is 15.9 Å². The van der Waals surface area contributed by atoms with E-state index in [0.29, 0.717) is 6.42 Å². The smallest absolute Gasteiger partial charge is 0.242 e. The molecule has 0 atom stereocenters. The first-order chi connectivity index (χ1) is 9.78. The molecule has 1 rings (SSSR count). The van der Waals surface area contributed by atoms with E-state index in [-0.39, 0.29) is 10.8 Å². The van der Waals surface area contributed by atoms with Gasteiger partial charge < -0.3 is 4.90 Å². The van der Waals surface area contributed by atoms with Crippen LogP contribution >= 0.6 is 0 Å². The molecule has 118 valence electrons. The highest BCUT2D eigenvalue weighted by atomic mass is 32.2. The quantitative estimate of drug-likeness (QED) is 0.770. The van der Waals surface area contributed by atoms with E-state index in [4.69, 9.17) is 0 Å². The Labute approximate surface area is 127 Å². The lowest BCUT2D eigenvalue weighted by Crippen LogP contribution is -2.29. The van der Waals surface area contributed by atoms with Crippen molar-refractivity contribution in [3.8, 4) is 0 Å². The van der Waals surface area contributed by atoms with Crippen molar-refractivity contribution < 1.29 is 13.2 Å². The van der Waals surface area contributed by atoms with Gasteiger partial charge in [-0.25, -0.2) is 12.7 Å². The van der Waals surface area contributed by atoms with Crippen LogP contribution in [0.3, 0.4) is 0 Å². The molecule has 1 amide bonds. The molecule has 0 radical (unpaired) electrons. The average Bonchev–Trinajstić information content (AvgIpc) is 2.45. The molecule has 1 aromatic rings. The predicted octanol–water partition coefficient (Wildman–Crippen LogP) is 1.74. The van der Waals surface area contributed by atoms with E-state index >= 15 is 0 Å². The molecule has 0 fully saturated rings. The molecule has 0 aliphatic rings. The maximum absolute atomic E-state index is 12.0.